The number of anilines is 1. The number of hydrogen-bond donors (Lipinski definition) is 0. The van der Waals surface area contributed by atoms with Gasteiger partial charge in [-0.25, -0.2) is 4.98 Å². The van der Waals surface area contributed by atoms with E-state index in [1.54, 1.807) is 11.3 Å². The fourth-order valence-electron chi connectivity index (χ4n) is 2.47. The van der Waals surface area contributed by atoms with Gasteiger partial charge in [-0.1, -0.05) is 23.5 Å². The van der Waals surface area contributed by atoms with E-state index in [9.17, 15) is 0 Å². The lowest BCUT2D eigenvalue weighted by Crippen LogP contribution is -2.21. The molecule has 0 atom stereocenters. The molecule has 1 aliphatic heterocycles. The highest BCUT2D eigenvalue weighted by Crippen LogP contribution is 2.40. The molecular weight excluding hydrogens is 258 g/mol. The third-order valence-corrected chi connectivity index (χ3v) is 4.43. The number of rotatable bonds is 1. The van der Waals surface area contributed by atoms with Gasteiger partial charge in [0.05, 0.1) is 17.1 Å². The highest BCUT2D eigenvalue weighted by molar-refractivity contribution is 7.25. The maximum Gasteiger partial charge on any atom is 0.209 e. The van der Waals surface area contributed by atoms with Gasteiger partial charge in [0.1, 0.15) is 5.52 Å². The number of benzene rings is 1. The second-order valence-electron chi connectivity index (χ2n) is 4.79. The highest BCUT2D eigenvalue weighted by Gasteiger charge is 2.18. The van der Waals surface area contributed by atoms with Crippen LogP contribution in [0.5, 0.6) is 0 Å². The van der Waals surface area contributed by atoms with Crippen molar-refractivity contribution in [2.75, 3.05) is 18.6 Å². The minimum absolute atomic E-state index is 0.731. The van der Waals surface area contributed by atoms with Crippen molar-refractivity contribution in [1.82, 2.24) is 9.88 Å². The van der Waals surface area contributed by atoms with Crippen molar-refractivity contribution in [3.8, 4) is 0 Å². The molecule has 4 nitrogen and oxygen atoms in total. The Labute approximate surface area is 114 Å². The fourth-order valence-corrected chi connectivity index (χ4v) is 3.64. The molecule has 2 aromatic heterocycles. The third-order valence-electron chi connectivity index (χ3n) is 3.33. The standard InChI is InChI=1S/C14H13N3OS/c1-9-15-12-10-4-3-5-11(13(10)19-14(12)18-9)17-7-6-16(2)8-17/h3-7H,8H2,1-2H3. The molecule has 1 aliphatic rings. The summed E-state index contributed by atoms with van der Waals surface area (Å²) in [6.45, 7) is 2.77. The lowest BCUT2D eigenvalue weighted by Gasteiger charge is -2.18. The van der Waals surface area contributed by atoms with Crippen LogP contribution in [0.1, 0.15) is 5.89 Å². The van der Waals surface area contributed by atoms with Crippen LogP contribution in [0, 0.1) is 6.92 Å². The summed E-state index contributed by atoms with van der Waals surface area (Å²) in [6.07, 6.45) is 4.19. The van der Waals surface area contributed by atoms with E-state index in [2.05, 4.69) is 52.4 Å². The summed E-state index contributed by atoms with van der Waals surface area (Å²) in [5.74, 6) is 0.731. The topological polar surface area (TPSA) is 32.5 Å². The summed E-state index contributed by atoms with van der Waals surface area (Å²) in [6, 6.07) is 6.34. The Morgan fingerprint density at radius 1 is 1.32 bits per heavy atom. The van der Waals surface area contributed by atoms with Crippen molar-refractivity contribution in [2.45, 2.75) is 6.92 Å². The summed E-state index contributed by atoms with van der Waals surface area (Å²) in [5, 5.41) is 1.18. The molecule has 1 aromatic carbocycles. The number of aromatic nitrogens is 1. The van der Waals surface area contributed by atoms with Gasteiger partial charge in [0, 0.05) is 31.8 Å². The number of thiophene rings is 1. The fraction of sp³-hybridized carbons (Fsp3) is 0.214. The maximum atomic E-state index is 5.65. The van der Waals surface area contributed by atoms with Crippen LogP contribution in [0.25, 0.3) is 20.5 Å². The molecule has 0 spiro atoms. The zero-order chi connectivity index (χ0) is 13.0. The molecular formula is C14H13N3OS. The van der Waals surface area contributed by atoms with Crippen LogP contribution < -0.4 is 4.90 Å². The largest absolute Gasteiger partial charge is 0.430 e. The van der Waals surface area contributed by atoms with E-state index in [-0.39, 0.29) is 0 Å². The Morgan fingerprint density at radius 2 is 2.21 bits per heavy atom. The molecule has 3 aromatic rings. The molecule has 0 N–H and O–H groups in total. The zero-order valence-corrected chi connectivity index (χ0v) is 11.6. The predicted molar refractivity (Wildman–Crippen MR) is 78.4 cm³/mol. The Bertz CT molecular complexity index is 802. The van der Waals surface area contributed by atoms with Crippen molar-refractivity contribution in [3.63, 3.8) is 0 Å². The Balaban J connectivity index is 1.96. The number of hydrogen-bond acceptors (Lipinski definition) is 5. The van der Waals surface area contributed by atoms with E-state index < -0.39 is 0 Å². The van der Waals surface area contributed by atoms with Gasteiger partial charge in [-0.15, -0.1) is 0 Å². The van der Waals surface area contributed by atoms with E-state index in [1.807, 2.05) is 6.92 Å². The molecule has 0 bridgehead atoms. The second kappa shape index (κ2) is 3.74. The Morgan fingerprint density at radius 3 is 3.00 bits per heavy atom. The van der Waals surface area contributed by atoms with E-state index in [1.165, 1.54) is 15.8 Å². The molecule has 0 amide bonds. The number of aryl methyl sites for hydroxylation is 1. The van der Waals surface area contributed by atoms with Crippen LogP contribution >= 0.6 is 11.3 Å². The summed E-state index contributed by atoms with van der Waals surface area (Å²) in [4.78, 5) is 9.79. The first-order valence-electron chi connectivity index (χ1n) is 6.16. The van der Waals surface area contributed by atoms with Crippen LogP contribution in [-0.2, 0) is 0 Å². The average Bonchev–Trinajstić information content (AvgIpc) is 3.03. The second-order valence-corrected chi connectivity index (χ2v) is 5.77. The number of nitrogens with zero attached hydrogens (tertiary/aromatic N) is 3. The van der Waals surface area contributed by atoms with Gasteiger partial charge in [-0.05, 0) is 6.07 Å². The number of fused-ring (bicyclic) bond motifs is 3. The normalized spacial score (nSPS) is 15.3. The van der Waals surface area contributed by atoms with Crippen LogP contribution in [0.4, 0.5) is 5.69 Å². The molecule has 4 rings (SSSR count). The Kier molecular flexibility index (Phi) is 2.14. The number of oxazole rings is 1. The quantitative estimate of drug-likeness (QED) is 0.678. The molecule has 0 radical (unpaired) electrons. The highest BCUT2D eigenvalue weighted by atomic mass is 32.1. The van der Waals surface area contributed by atoms with E-state index in [4.69, 9.17) is 4.42 Å². The maximum absolute atomic E-state index is 5.65. The summed E-state index contributed by atoms with van der Waals surface area (Å²) in [7, 11) is 2.07. The van der Waals surface area contributed by atoms with Gasteiger partial charge < -0.3 is 14.2 Å². The van der Waals surface area contributed by atoms with E-state index >= 15 is 0 Å². The molecule has 0 saturated carbocycles. The van der Waals surface area contributed by atoms with Crippen LogP contribution in [0.15, 0.2) is 35.0 Å². The minimum atomic E-state index is 0.731. The predicted octanol–water partition coefficient (Wildman–Crippen LogP) is 3.53. The van der Waals surface area contributed by atoms with Gasteiger partial charge in [0.25, 0.3) is 0 Å². The van der Waals surface area contributed by atoms with Gasteiger partial charge in [0.15, 0.2) is 5.89 Å². The monoisotopic (exact) mass is 271 g/mol. The van der Waals surface area contributed by atoms with Crippen molar-refractivity contribution >= 4 is 37.5 Å². The van der Waals surface area contributed by atoms with Crippen molar-refractivity contribution in [3.05, 3.63) is 36.5 Å². The van der Waals surface area contributed by atoms with Gasteiger partial charge >= 0.3 is 0 Å². The van der Waals surface area contributed by atoms with Gasteiger partial charge in [0.2, 0.25) is 4.90 Å². The molecule has 0 saturated heterocycles. The first kappa shape index (κ1) is 10.9. The van der Waals surface area contributed by atoms with Crippen LogP contribution in [0.2, 0.25) is 0 Å². The van der Waals surface area contributed by atoms with E-state index in [0.29, 0.717) is 0 Å². The lowest BCUT2D eigenvalue weighted by molar-refractivity contribution is 0.496. The molecule has 19 heavy (non-hydrogen) atoms. The first-order chi connectivity index (χ1) is 9.22. The molecule has 0 unspecified atom stereocenters. The molecule has 3 heterocycles. The SMILES string of the molecule is Cc1nc2c(o1)sc1c(N3C=CN(C)C3)cccc12. The molecule has 0 aliphatic carbocycles. The first-order valence-corrected chi connectivity index (χ1v) is 6.98. The summed E-state index contributed by atoms with van der Waals surface area (Å²) < 4.78 is 6.89. The summed E-state index contributed by atoms with van der Waals surface area (Å²) >= 11 is 1.67. The third kappa shape index (κ3) is 1.55. The average molecular weight is 271 g/mol. The van der Waals surface area contributed by atoms with Crippen LogP contribution in [0.3, 0.4) is 0 Å². The smallest absolute Gasteiger partial charge is 0.209 e. The molecule has 5 heteroatoms. The molecule has 0 fully saturated rings. The summed E-state index contributed by atoms with van der Waals surface area (Å²) in [5.41, 5.74) is 2.20. The van der Waals surface area contributed by atoms with Gasteiger partial charge in [-0.3, -0.25) is 0 Å². The van der Waals surface area contributed by atoms with Crippen molar-refractivity contribution in [2.24, 2.45) is 0 Å². The van der Waals surface area contributed by atoms with E-state index in [0.717, 1.165) is 23.0 Å². The minimum Gasteiger partial charge on any atom is -0.430 e. The van der Waals surface area contributed by atoms with Gasteiger partial charge in [-0.2, -0.15) is 0 Å². The lowest BCUT2D eigenvalue weighted by atomic mass is 10.2. The molecule has 96 valence electrons. The van der Waals surface area contributed by atoms with Crippen molar-refractivity contribution < 1.29 is 4.42 Å². The zero-order valence-electron chi connectivity index (χ0n) is 10.8. The Hall–Kier alpha value is -2.01. The van der Waals surface area contributed by atoms with Crippen LogP contribution in [-0.4, -0.2) is 23.6 Å². The van der Waals surface area contributed by atoms with Crippen molar-refractivity contribution in [1.29, 1.82) is 0 Å².